The summed E-state index contributed by atoms with van der Waals surface area (Å²) >= 11 is 0. The summed E-state index contributed by atoms with van der Waals surface area (Å²) in [5.41, 5.74) is 5.90. The van der Waals surface area contributed by atoms with Crippen molar-refractivity contribution in [3.8, 4) is 22.9 Å². The lowest BCUT2D eigenvalue weighted by molar-refractivity contribution is 0.110. The van der Waals surface area contributed by atoms with Crippen LogP contribution in [0.5, 0.6) is 11.8 Å². The average Bonchev–Trinajstić information content (AvgIpc) is 3.47. The topological polar surface area (TPSA) is 86.0 Å². The number of fused-ring (bicyclic) bond motifs is 4. The first-order valence-electron chi connectivity index (χ1n) is 12.1. The first-order chi connectivity index (χ1) is 16.9. The summed E-state index contributed by atoms with van der Waals surface area (Å²) in [4.78, 5) is 2.40. The molecule has 9 heteroatoms. The second-order valence-corrected chi connectivity index (χ2v) is 9.36. The Labute approximate surface area is 205 Å². The molecule has 0 aliphatic carbocycles. The summed E-state index contributed by atoms with van der Waals surface area (Å²) in [7, 11) is 3.89. The van der Waals surface area contributed by atoms with Crippen LogP contribution in [0.25, 0.3) is 34.2 Å². The quantitative estimate of drug-likeness (QED) is 0.477. The Morgan fingerprint density at radius 3 is 2.80 bits per heavy atom. The van der Waals surface area contributed by atoms with Crippen LogP contribution in [-0.4, -0.2) is 60.0 Å². The van der Waals surface area contributed by atoms with Crippen molar-refractivity contribution >= 4 is 23.1 Å². The minimum Gasteiger partial charge on any atom is -0.476 e. The Hall–Kier alpha value is -3.59. The number of nitrogens with one attached hydrogen (secondary N) is 1. The third kappa shape index (κ3) is 4.32. The second kappa shape index (κ2) is 9.22. The van der Waals surface area contributed by atoms with Gasteiger partial charge in [-0.2, -0.15) is 10.2 Å². The maximum Gasteiger partial charge on any atom is 0.240 e. The van der Waals surface area contributed by atoms with E-state index < -0.39 is 0 Å². The lowest BCUT2D eigenvalue weighted by Gasteiger charge is -2.30. The van der Waals surface area contributed by atoms with Gasteiger partial charge in [0.15, 0.2) is 0 Å². The molecular formula is C26H33N7O2. The number of rotatable bonds is 3. The third-order valence-electron chi connectivity index (χ3n) is 6.54. The Balaban J connectivity index is 1.70. The molecule has 1 atom stereocenters. The number of H-pyrrole nitrogens is 1. The second-order valence-electron chi connectivity index (χ2n) is 9.36. The molecule has 1 aliphatic heterocycles. The summed E-state index contributed by atoms with van der Waals surface area (Å²) in [6.45, 7) is 10.5. The first-order valence-corrected chi connectivity index (χ1v) is 12.1. The van der Waals surface area contributed by atoms with Gasteiger partial charge < -0.3 is 9.47 Å². The number of aryl methyl sites for hydroxylation is 2. The molecule has 4 heterocycles. The van der Waals surface area contributed by atoms with Crippen molar-refractivity contribution < 1.29 is 9.47 Å². The predicted octanol–water partition coefficient (Wildman–Crippen LogP) is 4.26. The maximum absolute atomic E-state index is 6.51. The zero-order valence-corrected chi connectivity index (χ0v) is 21.2. The van der Waals surface area contributed by atoms with Crippen molar-refractivity contribution in [2.45, 2.75) is 46.4 Å². The van der Waals surface area contributed by atoms with E-state index in [1.807, 2.05) is 38.0 Å². The van der Waals surface area contributed by atoms with E-state index in [1.54, 1.807) is 4.68 Å². The van der Waals surface area contributed by atoms with Crippen molar-refractivity contribution in [3.05, 3.63) is 41.3 Å². The van der Waals surface area contributed by atoms with Gasteiger partial charge in [-0.15, -0.1) is 5.10 Å². The van der Waals surface area contributed by atoms with Gasteiger partial charge in [0.1, 0.15) is 6.10 Å². The van der Waals surface area contributed by atoms with Gasteiger partial charge >= 0.3 is 0 Å². The van der Waals surface area contributed by atoms with Gasteiger partial charge in [-0.1, -0.05) is 6.07 Å². The van der Waals surface area contributed by atoms with Crippen molar-refractivity contribution in [2.75, 3.05) is 13.2 Å². The fourth-order valence-corrected chi connectivity index (χ4v) is 4.61. The molecule has 1 aromatic carbocycles. The number of hydrogen-bond donors (Lipinski definition) is 1. The van der Waals surface area contributed by atoms with E-state index in [2.05, 4.69) is 70.4 Å². The number of nitrogens with zero attached hydrogens (tertiary/aromatic N) is 6. The van der Waals surface area contributed by atoms with E-state index in [0.29, 0.717) is 25.1 Å². The van der Waals surface area contributed by atoms with Crippen LogP contribution in [0.4, 0.5) is 0 Å². The van der Waals surface area contributed by atoms with E-state index in [0.717, 1.165) is 51.4 Å². The van der Waals surface area contributed by atoms with Crippen molar-refractivity contribution in [1.29, 1.82) is 0 Å². The summed E-state index contributed by atoms with van der Waals surface area (Å²) in [6.07, 6.45) is 5.96. The van der Waals surface area contributed by atoms with E-state index >= 15 is 0 Å². The van der Waals surface area contributed by atoms with Crippen LogP contribution in [-0.2, 0) is 20.6 Å². The van der Waals surface area contributed by atoms with E-state index in [-0.39, 0.29) is 6.10 Å². The summed E-state index contributed by atoms with van der Waals surface area (Å²) in [5.74, 6) is 1.40. The normalized spacial score (nSPS) is 17.6. The zero-order chi connectivity index (χ0) is 24.7. The lowest BCUT2D eigenvalue weighted by Crippen LogP contribution is -2.39. The SMILES string of the molecule is CCOc1nn(C)c2c1/C=C/c1[nH]nc3ccc(cc13)-c1cnn(C)c1O[C@@H](C)CN(C(C)C)C2. The molecule has 0 amide bonds. The fraction of sp³-hybridized carbons (Fsp3) is 0.423. The Morgan fingerprint density at radius 1 is 1.20 bits per heavy atom. The van der Waals surface area contributed by atoms with Gasteiger partial charge in [0.05, 0.1) is 40.8 Å². The minimum absolute atomic E-state index is 0.0523. The van der Waals surface area contributed by atoms with E-state index in [9.17, 15) is 0 Å². The smallest absolute Gasteiger partial charge is 0.240 e. The van der Waals surface area contributed by atoms with E-state index in [1.165, 1.54) is 0 Å². The predicted molar refractivity (Wildman–Crippen MR) is 137 cm³/mol. The van der Waals surface area contributed by atoms with Crippen LogP contribution in [0.15, 0.2) is 24.4 Å². The standard InChI is InChI=1S/C26H33N7O2/c1-7-34-25-19-9-11-23-20-12-18(8-10-22(20)28-29-23)21-13-27-32(6)26(21)35-17(4)14-33(16(2)3)15-24(19)31(5)30-25/h8-13,16-17H,7,14-15H2,1-6H3,(H,28,29)/b11-9+/t17-/m0/s1. The first kappa shape index (κ1) is 23.2. The highest BCUT2D eigenvalue weighted by Crippen LogP contribution is 2.34. The van der Waals surface area contributed by atoms with Gasteiger partial charge in [-0.25, -0.2) is 4.68 Å². The van der Waals surface area contributed by atoms with Gasteiger partial charge in [0, 0.05) is 38.6 Å². The molecule has 4 aromatic rings. The Bertz CT molecular complexity index is 1380. The van der Waals surface area contributed by atoms with Crippen LogP contribution >= 0.6 is 0 Å². The highest BCUT2D eigenvalue weighted by atomic mass is 16.5. The van der Waals surface area contributed by atoms with Crippen LogP contribution in [0.1, 0.15) is 44.6 Å². The Kier molecular flexibility index (Phi) is 6.10. The summed E-state index contributed by atoms with van der Waals surface area (Å²) < 4.78 is 16.1. The van der Waals surface area contributed by atoms with Crippen LogP contribution in [0.2, 0.25) is 0 Å². The Morgan fingerprint density at radius 2 is 2.03 bits per heavy atom. The molecule has 5 rings (SSSR count). The number of ether oxygens (including phenoxy) is 2. The molecular weight excluding hydrogens is 442 g/mol. The van der Waals surface area contributed by atoms with Gasteiger partial charge in [0.25, 0.3) is 0 Å². The molecule has 0 spiro atoms. The number of benzene rings is 1. The maximum atomic E-state index is 6.51. The molecule has 3 aromatic heterocycles. The van der Waals surface area contributed by atoms with Gasteiger partial charge in [0.2, 0.25) is 11.8 Å². The number of aromatic nitrogens is 6. The molecule has 0 saturated heterocycles. The fourth-order valence-electron chi connectivity index (χ4n) is 4.61. The molecule has 1 aliphatic rings. The minimum atomic E-state index is -0.0523. The third-order valence-corrected chi connectivity index (χ3v) is 6.54. The lowest BCUT2D eigenvalue weighted by atomic mass is 10.1. The average molecular weight is 476 g/mol. The molecule has 2 bridgehead atoms. The molecule has 0 unspecified atom stereocenters. The van der Waals surface area contributed by atoms with Crippen LogP contribution in [0, 0.1) is 0 Å². The molecule has 0 fully saturated rings. The van der Waals surface area contributed by atoms with Gasteiger partial charge in [-0.05, 0) is 57.5 Å². The van der Waals surface area contributed by atoms with Gasteiger partial charge in [-0.3, -0.25) is 14.7 Å². The number of aromatic amines is 1. The highest BCUT2D eigenvalue weighted by molar-refractivity contribution is 5.93. The monoisotopic (exact) mass is 475 g/mol. The molecule has 9 nitrogen and oxygen atoms in total. The molecule has 0 radical (unpaired) electrons. The summed E-state index contributed by atoms with van der Waals surface area (Å²) in [5, 5.41) is 17.9. The largest absolute Gasteiger partial charge is 0.476 e. The van der Waals surface area contributed by atoms with E-state index in [4.69, 9.17) is 9.47 Å². The van der Waals surface area contributed by atoms with Crippen LogP contribution < -0.4 is 9.47 Å². The molecule has 35 heavy (non-hydrogen) atoms. The highest BCUT2D eigenvalue weighted by Gasteiger charge is 2.24. The molecule has 0 saturated carbocycles. The zero-order valence-electron chi connectivity index (χ0n) is 21.2. The molecule has 184 valence electrons. The van der Waals surface area contributed by atoms with Crippen molar-refractivity contribution in [1.82, 2.24) is 34.7 Å². The van der Waals surface area contributed by atoms with Crippen molar-refractivity contribution in [3.63, 3.8) is 0 Å². The number of hydrogen-bond acceptors (Lipinski definition) is 6. The van der Waals surface area contributed by atoms with Crippen molar-refractivity contribution in [2.24, 2.45) is 14.1 Å². The van der Waals surface area contributed by atoms with Crippen LogP contribution in [0.3, 0.4) is 0 Å². The summed E-state index contributed by atoms with van der Waals surface area (Å²) in [6, 6.07) is 6.54. The molecule has 1 N–H and O–H groups in total.